The second-order valence-corrected chi connectivity index (χ2v) is 2.37. The summed E-state index contributed by atoms with van der Waals surface area (Å²) < 4.78 is 0. The minimum absolute atomic E-state index is 0.459. The summed E-state index contributed by atoms with van der Waals surface area (Å²) in [5, 5.41) is 0. The Labute approximate surface area is 61.1 Å². The van der Waals surface area contributed by atoms with E-state index < -0.39 is 0 Å². The van der Waals surface area contributed by atoms with Gasteiger partial charge in [-0.2, -0.15) is 0 Å². The number of nitrogens with two attached hydrogens (primary N) is 1. The highest BCUT2D eigenvalue weighted by Crippen LogP contribution is 2.07. The first-order chi connectivity index (χ1) is 4.83. The summed E-state index contributed by atoms with van der Waals surface area (Å²) in [7, 11) is 0. The predicted molar refractivity (Wildman–Crippen MR) is 42.9 cm³/mol. The Morgan fingerprint density at radius 1 is 1.50 bits per heavy atom. The molecule has 0 saturated heterocycles. The zero-order valence-electron chi connectivity index (χ0n) is 6.04. The summed E-state index contributed by atoms with van der Waals surface area (Å²) in [6.07, 6.45) is 10.1. The van der Waals surface area contributed by atoms with Gasteiger partial charge in [0.2, 0.25) is 0 Å². The molecule has 1 aliphatic rings. The highest BCUT2D eigenvalue weighted by Gasteiger charge is 1.95. The molecule has 10 heavy (non-hydrogen) atoms. The number of allylic oxidation sites excluding steroid dienone is 5. The molecular formula is C8H12N2. The van der Waals surface area contributed by atoms with E-state index in [0.29, 0.717) is 5.92 Å². The van der Waals surface area contributed by atoms with E-state index in [1.54, 1.807) is 0 Å². The molecule has 0 fully saturated rings. The zero-order valence-corrected chi connectivity index (χ0v) is 6.04. The fraction of sp³-hybridized carbons (Fsp3) is 0.250. The van der Waals surface area contributed by atoms with Crippen molar-refractivity contribution < 1.29 is 0 Å². The quantitative estimate of drug-likeness (QED) is 0.418. The Balaban J connectivity index is 2.74. The van der Waals surface area contributed by atoms with Crippen molar-refractivity contribution in [3.05, 3.63) is 36.1 Å². The number of hydrazine groups is 1. The first kappa shape index (κ1) is 7.09. The van der Waals surface area contributed by atoms with E-state index in [1.807, 2.05) is 18.2 Å². The molecule has 1 atom stereocenters. The number of hydrogen-bond donors (Lipinski definition) is 2. The second-order valence-electron chi connectivity index (χ2n) is 2.37. The summed E-state index contributed by atoms with van der Waals surface area (Å²) in [6.45, 7) is 2.11. The molecule has 1 unspecified atom stereocenters. The van der Waals surface area contributed by atoms with Crippen LogP contribution >= 0.6 is 0 Å². The average molecular weight is 136 g/mol. The van der Waals surface area contributed by atoms with Crippen molar-refractivity contribution >= 4 is 0 Å². The van der Waals surface area contributed by atoms with Gasteiger partial charge in [-0.1, -0.05) is 31.2 Å². The van der Waals surface area contributed by atoms with Gasteiger partial charge in [-0.15, -0.1) is 0 Å². The van der Waals surface area contributed by atoms with Gasteiger partial charge in [-0.3, -0.25) is 5.84 Å². The largest absolute Gasteiger partial charge is 0.324 e. The van der Waals surface area contributed by atoms with Gasteiger partial charge in [-0.05, 0) is 12.0 Å². The normalized spacial score (nSPS) is 23.8. The minimum Gasteiger partial charge on any atom is -0.324 e. The lowest BCUT2D eigenvalue weighted by Crippen LogP contribution is -2.20. The molecular weight excluding hydrogens is 124 g/mol. The Morgan fingerprint density at radius 2 is 2.30 bits per heavy atom. The molecule has 0 spiro atoms. The van der Waals surface area contributed by atoms with Gasteiger partial charge in [0.15, 0.2) is 0 Å². The highest BCUT2D eigenvalue weighted by molar-refractivity contribution is 5.25. The van der Waals surface area contributed by atoms with E-state index in [2.05, 4.69) is 24.5 Å². The molecule has 0 aromatic heterocycles. The third-order valence-corrected chi connectivity index (χ3v) is 1.41. The van der Waals surface area contributed by atoms with E-state index in [-0.39, 0.29) is 0 Å². The molecule has 0 amide bonds. The van der Waals surface area contributed by atoms with E-state index in [9.17, 15) is 0 Å². The standard InChI is InChI=1S/C8H12N2/c1-7-4-2-3-5-8(6-7)10-9/h2-7,10H,9H2,1H3. The van der Waals surface area contributed by atoms with Crippen molar-refractivity contribution in [2.45, 2.75) is 6.92 Å². The molecule has 3 N–H and O–H groups in total. The molecule has 0 aromatic rings. The van der Waals surface area contributed by atoms with Crippen molar-refractivity contribution in [3.63, 3.8) is 0 Å². The lowest BCUT2D eigenvalue weighted by Gasteiger charge is -2.00. The van der Waals surface area contributed by atoms with Gasteiger partial charge >= 0.3 is 0 Å². The van der Waals surface area contributed by atoms with E-state index in [1.165, 1.54) is 0 Å². The van der Waals surface area contributed by atoms with Gasteiger partial charge in [0.1, 0.15) is 0 Å². The van der Waals surface area contributed by atoms with Crippen molar-refractivity contribution in [2.75, 3.05) is 0 Å². The molecule has 0 heterocycles. The predicted octanol–water partition coefficient (Wildman–Crippen LogP) is 1.10. The van der Waals surface area contributed by atoms with Gasteiger partial charge in [0, 0.05) is 5.70 Å². The second kappa shape index (κ2) is 3.22. The first-order valence-electron chi connectivity index (χ1n) is 3.36. The van der Waals surface area contributed by atoms with Crippen molar-refractivity contribution in [2.24, 2.45) is 11.8 Å². The fourth-order valence-electron chi connectivity index (χ4n) is 0.889. The zero-order chi connectivity index (χ0) is 7.40. The van der Waals surface area contributed by atoms with E-state index in [0.717, 1.165) is 5.70 Å². The Hall–Kier alpha value is -1.02. The summed E-state index contributed by atoms with van der Waals surface area (Å²) in [6, 6.07) is 0. The van der Waals surface area contributed by atoms with Crippen LogP contribution in [0.25, 0.3) is 0 Å². The van der Waals surface area contributed by atoms with Gasteiger partial charge in [0.05, 0.1) is 0 Å². The fourth-order valence-corrected chi connectivity index (χ4v) is 0.889. The van der Waals surface area contributed by atoms with Crippen LogP contribution in [0.3, 0.4) is 0 Å². The highest BCUT2D eigenvalue weighted by atomic mass is 15.2. The molecule has 0 bridgehead atoms. The topological polar surface area (TPSA) is 38.0 Å². The van der Waals surface area contributed by atoms with Gasteiger partial charge < -0.3 is 5.43 Å². The van der Waals surface area contributed by atoms with Gasteiger partial charge in [0.25, 0.3) is 0 Å². The average Bonchev–Trinajstić information content (AvgIpc) is 2.13. The lowest BCUT2D eigenvalue weighted by atomic mass is 10.1. The molecule has 0 saturated carbocycles. The molecule has 0 aromatic carbocycles. The number of rotatable bonds is 1. The summed E-state index contributed by atoms with van der Waals surface area (Å²) >= 11 is 0. The maximum atomic E-state index is 5.24. The van der Waals surface area contributed by atoms with Gasteiger partial charge in [-0.25, -0.2) is 0 Å². The Bertz CT molecular complexity index is 189. The lowest BCUT2D eigenvalue weighted by molar-refractivity contribution is 0.863. The molecule has 0 radical (unpaired) electrons. The van der Waals surface area contributed by atoms with Crippen LogP contribution in [0.4, 0.5) is 0 Å². The molecule has 2 heteroatoms. The van der Waals surface area contributed by atoms with Crippen molar-refractivity contribution in [1.82, 2.24) is 5.43 Å². The van der Waals surface area contributed by atoms with E-state index in [4.69, 9.17) is 5.84 Å². The molecule has 2 nitrogen and oxygen atoms in total. The van der Waals surface area contributed by atoms with Crippen LogP contribution in [-0.4, -0.2) is 0 Å². The Morgan fingerprint density at radius 3 is 3.00 bits per heavy atom. The molecule has 0 aliphatic heterocycles. The van der Waals surface area contributed by atoms with E-state index >= 15 is 0 Å². The third kappa shape index (κ3) is 1.74. The third-order valence-electron chi connectivity index (χ3n) is 1.41. The van der Waals surface area contributed by atoms with Crippen LogP contribution < -0.4 is 11.3 Å². The number of nitrogens with one attached hydrogen (secondary N) is 1. The monoisotopic (exact) mass is 136 g/mol. The minimum atomic E-state index is 0.459. The van der Waals surface area contributed by atoms with Crippen molar-refractivity contribution in [1.29, 1.82) is 0 Å². The summed E-state index contributed by atoms with van der Waals surface area (Å²) in [5.74, 6) is 5.70. The van der Waals surface area contributed by atoms with Crippen molar-refractivity contribution in [3.8, 4) is 0 Å². The van der Waals surface area contributed by atoms with Crippen LogP contribution in [0.15, 0.2) is 36.1 Å². The molecule has 1 rings (SSSR count). The summed E-state index contributed by atoms with van der Waals surface area (Å²) in [4.78, 5) is 0. The van der Waals surface area contributed by atoms with Crippen LogP contribution in [0.5, 0.6) is 0 Å². The summed E-state index contributed by atoms with van der Waals surface area (Å²) in [5.41, 5.74) is 3.58. The Kier molecular flexibility index (Phi) is 2.29. The smallest absolute Gasteiger partial charge is 0.0451 e. The van der Waals surface area contributed by atoms with Crippen LogP contribution in [-0.2, 0) is 0 Å². The molecule has 1 aliphatic carbocycles. The molecule has 54 valence electrons. The van der Waals surface area contributed by atoms with Crippen LogP contribution in [0, 0.1) is 5.92 Å². The van der Waals surface area contributed by atoms with Crippen LogP contribution in [0.1, 0.15) is 6.92 Å². The maximum Gasteiger partial charge on any atom is 0.0451 e. The first-order valence-corrected chi connectivity index (χ1v) is 3.36. The maximum absolute atomic E-state index is 5.24. The number of hydrogen-bond acceptors (Lipinski definition) is 2. The SMILES string of the molecule is CC1C=CC=CC(NN)=C1. The van der Waals surface area contributed by atoms with Crippen LogP contribution in [0.2, 0.25) is 0 Å².